The van der Waals surface area contributed by atoms with Crippen molar-refractivity contribution in [3.63, 3.8) is 0 Å². The van der Waals surface area contributed by atoms with Crippen LogP contribution in [0.2, 0.25) is 0 Å². The van der Waals surface area contributed by atoms with Gasteiger partial charge in [0.25, 0.3) is 0 Å². The summed E-state index contributed by atoms with van der Waals surface area (Å²) in [6.45, 7) is 1.46. The predicted molar refractivity (Wildman–Crippen MR) is 91.6 cm³/mol. The first-order valence-electron chi connectivity index (χ1n) is 8.57. The molecule has 2 heterocycles. The third kappa shape index (κ3) is 4.78. The molecule has 5 nitrogen and oxygen atoms in total. The van der Waals surface area contributed by atoms with Crippen molar-refractivity contribution < 1.29 is 9.53 Å². The minimum atomic E-state index is 0.00789. The van der Waals surface area contributed by atoms with Gasteiger partial charge in [-0.1, -0.05) is 30.3 Å². The summed E-state index contributed by atoms with van der Waals surface area (Å²) in [5.41, 5.74) is 1.29. The molecule has 126 valence electrons. The van der Waals surface area contributed by atoms with E-state index in [-0.39, 0.29) is 12.0 Å². The van der Waals surface area contributed by atoms with Gasteiger partial charge in [0.05, 0.1) is 6.54 Å². The third-order valence-corrected chi connectivity index (χ3v) is 4.27. The SMILES string of the molecule is O=C(CCCc1ccccc1)N1CCCC(Oc2cccnn2)C1. The van der Waals surface area contributed by atoms with Gasteiger partial charge < -0.3 is 9.64 Å². The Bertz CT molecular complexity index is 634. The van der Waals surface area contributed by atoms with Gasteiger partial charge in [-0.3, -0.25) is 4.79 Å². The standard InChI is InChI=1S/C19H23N3O2/c23-19(12-4-9-16-7-2-1-3-8-16)22-14-6-10-17(15-22)24-18-11-5-13-20-21-18/h1-3,5,7-8,11,13,17H,4,6,9-10,12,14-15H2. The number of carbonyl (C=O) groups excluding carboxylic acids is 1. The lowest BCUT2D eigenvalue weighted by molar-refractivity contribution is -0.133. The maximum atomic E-state index is 12.4. The third-order valence-electron chi connectivity index (χ3n) is 4.27. The maximum absolute atomic E-state index is 12.4. The molecule has 1 atom stereocenters. The fourth-order valence-corrected chi connectivity index (χ4v) is 3.03. The summed E-state index contributed by atoms with van der Waals surface area (Å²) in [6.07, 6.45) is 5.96. The molecule has 1 fully saturated rings. The van der Waals surface area contributed by atoms with Crippen LogP contribution >= 0.6 is 0 Å². The number of carbonyl (C=O) groups is 1. The number of rotatable bonds is 6. The van der Waals surface area contributed by atoms with Crippen molar-refractivity contribution in [2.75, 3.05) is 13.1 Å². The van der Waals surface area contributed by atoms with Gasteiger partial charge in [0.2, 0.25) is 11.8 Å². The minimum Gasteiger partial charge on any atom is -0.471 e. The summed E-state index contributed by atoms with van der Waals surface area (Å²) in [6, 6.07) is 13.9. The Morgan fingerprint density at radius 1 is 1.21 bits per heavy atom. The summed E-state index contributed by atoms with van der Waals surface area (Å²) in [4.78, 5) is 14.4. The molecule has 1 unspecified atom stereocenters. The Labute approximate surface area is 142 Å². The van der Waals surface area contributed by atoms with Crippen molar-refractivity contribution in [1.82, 2.24) is 15.1 Å². The van der Waals surface area contributed by atoms with Crippen molar-refractivity contribution in [3.05, 3.63) is 54.2 Å². The maximum Gasteiger partial charge on any atom is 0.233 e. The largest absolute Gasteiger partial charge is 0.471 e. The molecule has 0 radical (unpaired) electrons. The van der Waals surface area contributed by atoms with E-state index < -0.39 is 0 Å². The number of piperidine rings is 1. The fraction of sp³-hybridized carbons (Fsp3) is 0.421. The molecule has 1 aliphatic rings. The lowest BCUT2D eigenvalue weighted by Crippen LogP contribution is -2.44. The highest BCUT2D eigenvalue weighted by Gasteiger charge is 2.24. The number of aromatic nitrogens is 2. The van der Waals surface area contributed by atoms with Gasteiger partial charge in [-0.2, -0.15) is 5.10 Å². The molecular weight excluding hydrogens is 302 g/mol. The Morgan fingerprint density at radius 3 is 2.88 bits per heavy atom. The molecule has 0 N–H and O–H groups in total. The van der Waals surface area contributed by atoms with Crippen LogP contribution in [-0.2, 0) is 11.2 Å². The molecule has 0 spiro atoms. The Morgan fingerprint density at radius 2 is 2.08 bits per heavy atom. The number of amides is 1. The van der Waals surface area contributed by atoms with Crippen molar-refractivity contribution in [3.8, 4) is 5.88 Å². The van der Waals surface area contributed by atoms with E-state index in [9.17, 15) is 4.79 Å². The van der Waals surface area contributed by atoms with Gasteiger partial charge >= 0.3 is 0 Å². The first kappa shape index (κ1) is 16.4. The van der Waals surface area contributed by atoms with E-state index in [0.717, 1.165) is 32.2 Å². The number of likely N-dealkylation sites (tertiary alicyclic amines) is 1. The Hall–Kier alpha value is -2.43. The van der Waals surface area contributed by atoms with Crippen molar-refractivity contribution in [2.24, 2.45) is 0 Å². The number of nitrogens with zero attached hydrogens (tertiary/aromatic N) is 3. The highest BCUT2D eigenvalue weighted by Crippen LogP contribution is 2.17. The van der Waals surface area contributed by atoms with Gasteiger partial charge in [-0.25, -0.2) is 0 Å². The topological polar surface area (TPSA) is 55.3 Å². The number of ether oxygens (including phenoxy) is 1. The number of hydrogen-bond donors (Lipinski definition) is 0. The van der Waals surface area contributed by atoms with Crippen molar-refractivity contribution in [2.45, 2.75) is 38.2 Å². The zero-order valence-corrected chi connectivity index (χ0v) is 13.8. The zero-order valence-electron chi connectivity index (χ0n) is 13.8. The molecule has 3 rings (SSSR count). The molecule has 1 amide bonds. The molecule has 0 bridgehead atoms. The van der Waals surface area contributed by atoms with Crippen LogP contribution in [0.1, 0.15) is 31.2 Å². The van der Waals surface area contributed by atoms with Crippen molar-refractivity contribution >= 4 is 5.91 Å². The van der Waals surface area contributed by atoms with Crippen LogP contribution < -0.4 is 4.74 Å². The zero-order chi connectivity index (χ0) is 16.6. The lowest BCUT2D eigenvalue weighted by atomic mass is 10.1. The van der Waals surface area contributed by atoms with Gasteiger partial charge in [0.15, 0.2) is 0 Å². The second kappa shape index (κ2) is 8.43. The van der Waals surface area contributed by atoms with E-state index in [4.69, 9.17) is 4.74 Å². The number of aryl methyl sites for hydroxylation is 1. The summed E-state index contributed by atoms with van der Waals surface area (Å²) < 4.78 is 5.84. The average molecular weight is 325 g/mol. The molecular formula is C19H23N3O2. The van der Waals surface area contributed by atoms with Crippen LogP contribution in [0.5, 0.6) is 5.88 Å². The van der Waals surface area contributed by atoms with Gasteiger partial charge in [-0.05, 0) is 37.3 Å². The lowest BCUT2D eigenvalue weighted by Gasteiger charge is -2.32. The van der Waals surface area contributed by atoms with Crippen LogP contribution in [0.3, 0.4) is 0 Å². The number of benzene rings is 1. The Balaban J connectivity index is 1.44. The average Bonchev–Trinajstić information content (AvgIpc) is 2.64. The molecule has 1 aliphatic heterocycles. The van der Waals surface area contributed by atoms with Crippen LogP contribution in [0.25, 0.3) is 0 Å². The molecule has 24 heavy (non-hydrogen) atoms. The van der Waals surface area contributed by atoms with Crippen LogP contribution in [-0.4, -0.2) is 40.2 Å². The monoisotopic (exact) mass is 325 g/mol. The molecule has 2 aromatic rings. The molecule has 5 heteroatoms. The summed E-state index contributed by atoms with van der Waals surface area (Å²) in [7, 11) is 0. The van der Waals surface area contributed by atoms with E-state index >= 15 is 0 Å². The van der Waals surface area contributed by atoms with E-state index in [1.165, 1.54) is 5.56 Å². The first-order chi connectivity index (χ1) is 11.8. The molecule has 0 saturated carbocycles. The quantitative estimate of drug-likeness (QED) is 0.819. The minimum absolute atomic E-state index is 0.00789. The normalized spacial score (nSPS) is 17.5. The van der Waals surface area contributed by atoms with E-state index in [1.54, 1.807) is 18.3 Å². The van der Waals surface area contributed by atoms with Crippen LogP contribution in [0.15, 0.2) is 48.7 Å². The predicted octanol–water partition coefficient (Wildman–Crippen LogP) is 2.87. The second-order valence-corrected chi connectivity index (χ2v) is 6.12. The van der Waals surface area contributed by atoms with Gasteiger partial charge in [0, 0.05) is 25.2 Å². The smallest absolute Gasteiger partial charge is 0.233 e. The van der Waals surface area contributed by atoms with Crippen LogP contribution in [0.4, 0.5) is 0 Å². The number of hydrogen-bond acceptors (Lipinski definition) is 4. The van der Waals surface area contributed by atoms with E-state index in [0.29, 0.717) is 18.8 Å². The van der Waals surface area contributed by atoms with E-state index in [1.807, 2.05) is 23.1 Å². The second-order valence-electron chi connectivity index (χ2n) is 6.12. The molecule has 0 aliphatic carbocycles. The molecule has 1 aromatic carbocycles. The molecule has 1 aromatic heterocycles. The summed E-state index contributed by atoms with van der Waals surface area (Å²) >= 11 is 0. The Kier molecular flexibility index (Phi) is 5.77. The summed E-state index contributed by atoms with van der Waals surface area (Å²) in [5, 5.41) is 7.77. The van der Waals surface area contributed by atoms with Crippen LogP contribution in [0, 0.1) is 0 Å². The fourth-order valence-electron chi connectivity index (χ4n) is 3.03. The van der Waals surface area contributed by atoms with E-state index in [2.05, 4.69) is 22.3 Å². The summed E-state index contributed by atoms with van der Waals surface area (Å²) in [5.74, 6) is 0.749. The van der Waals surface area contributed by atoms with Crippen molar-refractivity contribution in [1.29, 1.82) is 0 Å². The molecule has 1 saturated heterocycles. The van der Waals surface area contributed by atoms with Gasteiger partial charge in [0.1, 0.15) is 6.10 Å². The first-order valence-corrected chi connectivity index (χ1v) is 8.57. The highest BCUT2D eigenvalue weighted by molar-refractivity contribution is 5.76. The van der Waals surface area contributed by atoms with Gasteiger partial charge in [-0.15, -0.1) is 5.10 Å². The highest BCUT2D eigenvalue weighted by atomic mass is 16.5.